The molecule has 0 unspecified atom stereocenters. The van der Waals surface area contributed by atoms with Crippen molar-refractivity contribution in [1.82, 2.24) is 9.80 Å². The normalized spacial score (nSPS) is 10.9. The first-order valence-electron chi connectivity index (χ1n) is 6.20. The first-order chi connectivity index (χ1) is 7.91. The van der Waals surface area contributed by atoms with E-state index in [0.717, 1.165) is 38.8 Å². The fourth-order valence-corrected chi connectivity index (χ4v) is 1.72. The number of carbonyl (C=O) groups is 1. The summed E-state index contributed by atoms with van der Waals surface area (Å²) in [5.41, 5.74) is 6.40. The van der Waals surface area contributed by atoms with Crippen molar-refractivity contribution in [3.63, 3.8) is 0 Å². The Labute approximate surface area is 105 Å². The molecule has 0 aliphatic carbocycles. The van der Waals surface area contributed by atoms with E-state index in [-0.39, 0.29) is 5.91 Å². The van der Waals surface area contributed by atoms with Crippen LogP contribution < -0.4 is 5.73 Å². The minimum atomic E-state index is -0.324. The molecule has 1 amide bonds. The fraction of sp³-hybridized carbons (Fsp3) is 0.769. The summed E-state index contributed by atoms with van der Waals surface area (Å²) in [4.78, 5) is 15.2. The van der Waals surface area contributed by atoms with Crippen LogP contribution in [0.25, 0.3) is 0 Å². The molecule has 0 radical (unpaired) electrons. The number of rotatable bonds is 9. The van der Waals surface area contributed by atoms with Gasteiger partial charge in [0, 0.05) is 6.08 Å². The lowest BCUT2D eigenvalue weighted by Crippen LogP contribution is -2.15. The summed E-state index contributed by atoms with van der Waals surface area (Å²) in [5.74, 6) is -0.324. The van der Waals surface area contributed by atoms with Gasteiger partial charge in [0.1, 0.15) is 0 Å². The van der Waals surface area contributed by atoms with Gasteiger partial charge in [0.2, 0.25) is 5.91 Å². The molecule has 0 aromatic carbocycles. The van der Waals surface area contributed by atoms with Crippen LogP contribution in [-0.2, 0) is 4.79 Å². The van der Waals surface area contributed by atoms with Crippen molar-refractivity contribution in [2.24, 2.45) is 5.73 Å². The maximum absolute atomic E-state index is 10.9. The van der Waals surface area contributed by atoms with Gasteiger partial charge < -0.3 is 15.5 Å². The number of hydrogen-bond donors (Lipinski definition) is 1. The summed E-state index contributed by atoms with van der Waals surface area (Å²) in [6.45, 7) is 2.09. The monoisotopic (exact) mass is 241 g/mol. The van der Waals surface area contributed by atoms with Gasteiger partial charge in [-0.15, -0.1) is 0 Å². The average molecular weight is 241 g/mol. The quantitative estimate of drug-likeness (QED) is 0.615. The summed E-state index contributed by atoms with van der Waals surface area (Å²) in [5, 5.41) is 0. The van der Waals surface area contributed by atoms with E-state index in [0.29, 0.717) is 0 Å². The van der Waals surface area contributed by atoms with E-state index in [1.807, 2.05) is 0 Å². The van der Waals surface area contributed by atoms with Crippen LogP contribution >= 0.6 is 0 Å². The van der Waals surface area contributed by atoms with Gasteiger partial charge in [-0.3, -0.25) is 4.79 Å². The average Bonchev–Trinajstić information content (AvgIpc) is 2.15. The molecule has 0 aliphatic rings. The zero-order valence-corrected chi connectivity index (χ0v) is 11.7. The largest absolute Gasteiger partial charge is 0.366 e. The van der Waals surface area contributed by atoms with Crippen molar-refractivity contribution in [2.75, 3.05) is 41.3 Å². The third-order valence-corrected chi connectivity index (χ3v) is 2.55. The Kier molecular flexibility index (Phi) is 8.72. The number of amides is 1. The molecule has 0 aromatic rings. The van der Waals surface area contributed by atoms with Crippen LogP contribution in [0.15, 0.2) is 11.6 Å². The minimum Gasteiger partial charge on any atom is -0.366 e. The van der Waals surface area contributed by atoms with Crippen molar-refractivity contribution in [3.05, 3.63) is 11.6 Å². The number of nitrogens with zero attached hydrogens (tertiary/aromatic N) is 2. The van der Waals surface area contributed by atoms with Crippen LogP contribution in [0.5, 0.6) is 0 Å². The molecule has 0 saturated heterocycles. The van der Waals surface area contributed by atoms with E-state index in [1.165, 1.54) is 5.57 Å². The first kappa shape index (κ1) is 16.1. The molecule has 0 saturated carbocycles. The topological polar surface area (TPSA) is 49.6 Å². The summed E-state index contributed by atoms with van der Waals surface area (Å²) >= 11 is 0. The predicted molar refractivity (Wildman–Crippen MR) is 72.9 cm³/mol. The Bertz CT molecular complexity index is 231. The number of primary amides is 1. The highest BCUT2D eigenvalue weighted by Crippen LogP contribution is 2.12. The highest BCUT2D eigenvalue weighted by molar-refractivity contribution is 5.86. The van der Waals surface area contributed by atoms with Crippen LogP contribution in [0.2, 0.25) is 0 Å². The van der Waals surface area contributed by atoms with E-state index in [4.69, 9.17) is 5.73 Å². The smallest absolute Gasteiger partial charge is 0.241 e. The highest BCUT2D eigenvalue weighted by atomic mass is 16.1. The molecule has 0 rings (SSSR count). The molecule has 0 heterocycles. The van der Waals surface area contributed by atoms with Crippen LogP contribution in [0.3, 0.4) is 0 Å². The lowest BCUT2D eigenvalue weighted by Gasteiger charge is -2.13. The number of hydrogen-bond acceptors (Lipinski definition) is 3. The minimum absolute atomic E-state index is 0.324. The molecule has 4 nitrogen and oxygen atoms in total. The Balaban J connectivity index is 4.02. The van der Waals surface area contributed by atoms with Crippen molar-refractivity contribution < 1.29 is 4.79 Å². The Morgan fingerprint density at radius 1 is 1.00 bits per heavy atom. The molecule has 2 N–H and O–H groups in total. The molecule has 0 fully saturated rings. The van der Waals surface area contributed by atoms with Crippen molar-refractivity contribution in [1.29, 1.82) is 0 Å². The maximum Gasteiger partial charge on any atom is 0.241 e. The summed E-state index contributed by atoms with van der Waals surface area (Å²) in [7, 11) is 8.24. The third-order valence-electron chi connectivity index (χ3n) is 2.55. The van der Waals surface area contributed by atoms with E-state index >= 15 is 0 Å². The summed E-state index contributed by atoms with van der Waals surface area (Å²) in [6.07, 6.45) is 5.69. The van der Waals surface area contributed by atoms with Crippen molar-refractivity contribution in [3.8, 4) is 0 Å². The van der Waals surface area contributed by atoms with Gasteiger partial charge in [0.15, 0.2) is 0 Å². The van der Waals surface area contributed by atoms with Gasteiger partial charge in [-0.25, -0.2) is 0 Å². The van der Waals surface area contributed by atoms with Gasteiger partial charge in [-0.2, -0.15) is 0 Å². The van der Waals surface area contributed by atoms with Gasteiger partial charge >= 0.3 is 0 Å². The standard InChI is InChI=1S/C13H27N3O/c1-15(2)9-5-7-12(11-13(14)17)8-6-10-16(3)4/h11H,5-10H2,1-4H3,(H2,14,17). The zero-order chi connectivity index (χ0) is 13.3. The Morgan fingerprint density at radius 3 is 1.71 bits per heavy atom. The molecule has 0 bridgehead atoms. The van der Waals surface area contributed by atoms with E-state index < -0.39 is 0 Å². The number of nitrogens with two attached hydrogens (primary N) is 1. The fourth-order valence-electron chi connectivity index (χ4n) is 1.72. The molecule has 100 valence electrons. The predicted octanol–water partition coefficient (Wildman–Crippen LogP) is 1.08. The molecule has 0 spiro atoms. The summed E-state index contributed by atoms with van der Waals surface area (Å²) < 4.78 is 0. The van der Waals surface area contributed by atoms with E-state index in [2.05, 4.69) is 38.0 Å². The van der Waals surface area contributed by atoms with Crippen LogP contribution in [0.4, 0.5) is 0 Å². The highest BCUT2D eigenvalue weighted by Gasteiger charge is 2.02. The molecule has 0 atom stereocenters. The zero-order valence-electron chi connectivity index (χ0n) is 11.7. The molecule has 0 aliphatic heterocycles. The van der Waals surface area contributed by atoms with Gasteiger partial charge in [-0.05, 0) is 67.0 Å². The second-order valence-corrected chi connectivity index (χ2v) is 5.02. The molecular formula is C13H27N3O. The molecule has 17 heavy (non-hydrogen) atoms. The van der Waals surface area contributed by atoms with Crippen LogP contribution in [-0.4, -0.2) is 57.0 Å². The number of carbonyl (C=O) groups excluding carboxylic acids is 1. The first-order valence-corrected chi connectivity index (χ1v) is 6.20. The Morgan fingerprint density at radius 2 is 1.41 bits per heavy atom. The Hall–Kier alpha value is -0.870. The van der Waals surface area contributed by atoms with Gasteiger partial charge in [0.25, 0.3) is 0 Å². The second kappa shape index (κ2) is 9.19. The van der Waals surface area contributed by atoms with Crippen molar-refractivity contribution >= 4 is 5.91 Å². The van der Waals surface area contributed by atoms with Gasteiger partial charge in [0.05, 0.1) is 0 Å². The van der Waals surface area contributed by atoms with Crippen LogP contribution in [0, 0.1) is 0 Å². The van der Waals surface area contributed by atoms with E-state index in [9.17, 15) is 4.79 Å². The molecule has 4 heteroatoms. The molecular weight excluding hydrogens is 214 g/mol. The number of allylic oxidation sites excluding steroid dienone is 1. The second-order valence-electron chi connectivity index (χ2n) is 5.02. The maximum atomic E-state index is 10.9. The lowest BCUT2D eigenvalue weighted by molar-refractivity contribution is -0.113. The summed E-state index contributed by atoms with van der Waals surface area (Å²) in [6, 6.07) is 0. The molecule has 0 aromatic heterocycles. The van der Waals surface area contributed by atoms with Crippen molar-refractivity contribution in [2.45, 2.75) is 25.7 Å². The lowest BCUT2D eigenvalue weighted by atomic mass is 10.0. The van der Waals surface area contributed by atoms with E-state index in [1.54, 1.807) is 6.08 Å². The van der Waals surface area contributed by atoms with Crippen LogP contribution in [0.1, 0.15) is 25.7 Å². The third kappa shape index (κ3) is 11.4. The SMILES string of the molecule is CN(C)CCCC(=CC(N)=O)CCCN(C)C. The van der Waals surface area contributed by atoms with Gasteiger partial charge in [-0.1, -0.05) is 5.57 Å².